The second kappa shape index (κ2) is 13.3. The zero-order valence-corrected chi connectivity index (χ0v) is 22.9. The van der Waals surface area contributed by atoms with Crippen molar-refractivity contribution in [2.45, 2.75) is 63.6 Å². The SMILES string of the molecule is O=C(NC1CCCC1)[C@@H](Cc1ccccc1)N(Cc1ccc(Cl)c(Cl)c1)C(=O)CCc1ccccc1Cl. The van der Waals surface area contributed by atoms with Gasteiger partial charge in [-0.3, -0.25) is 9.59 Å². The van der Waals surface area contributed by atoms with Crippen LogP contribution in [0.15, 0.2) is 72.8 Å². The minimum absolute atomic E-state index is 0.117. The normalized spacial score (nSPS) is 14.4. The van der Waals surface area contributed by atoms with Crippen LogP contribution in [0.5, 0.6) is 0 Å². The van der Waals surface area contributed by atoms with E-state index in [9.17, 15) is 9.59 Å². The number of hydrogen-bond acceptors (Lipinski definition) is 2. The van der Waals surface area contributed by atoms with E-state index in [1.165, 1.54) is 0 Å². The molecule has 0 spiro atoms. The van der Waals surface area contributed by atoms with Crippen molar-refractivity contribution >= 4 is 46.6 Å². The van der Waals surface area contributed by atoms with Crippen LogP contribution < -0.4 is 5.32 Å². The molecule has 194 valence electrons. The standard InChI is InChI=1S/C30H31Cl3N2O2/c31-25-13-7-4-10-23(25)15-17-29(36)35(20-22-14-16-26(32)27(33)18-22)28(19-21-8-2-1-3-9-21)30(37)34-24-11-5-6-12-24/h1-4,7-10,13-14,16,18,24,28H,5-6,11-12,15,17,19-20H2,(H,34,37)/t28-/m1/s1. The highest BCUT2D eigenvalue weighted by Crippen LogP contribution is 2.26. The van der Waals surface area contributed by atoms with Gasteiger partial charge in [-0.1, -0.05) is 102 Å². The average Bonchev–Trinajstić information content (AvgIpc) is 3.41. The Labute approximate surface area is 233 Å². The van der Waals surface area contributed by atoms with Crippen LogP contribution in [0.2, 0.25) is 15.1 Å². The largest absolute Gasteiger partial charge is 0.352 e. The highest BCUT2D eigenvalue weighted by Gasteiger charge is 2.32. The fraction of sp³-hybridized carbons (Fsp3) is 0.333. The highest BCUT2D eigenvalue weighted by molar-refractivity contribution is 6.42. The first kappa shape index (κ1) is 27.5. The summed E-state index contributed by atoms with van der Waals surface area (Å²) in [4.78, 5) is 29.2. The number of hydrogen-bond donors (Lipinski definition) is 1. The smallest absolute Gasteiger partial charge is 0.243 e. The molecule has 1 saturated carbocycles. The number of rotatable bonds is 10. The summed E-state index contributed by atoms with van der Waals surface area (Å²) < 4.78 is 0. The van der Waals surface area contributed by atoms with Crippen LogP contribution in [0.4, 0.5) is 0 Å². The van der Waals surface area contributed by atoms with E-state index in [2.05, 4.69) is 5.32 Å². The van der Waals surface area contributed by atoms with Gasteiger partial charge in [0.25, 0.3) is 0 Å². The average molecular weight is 558 g/mol. The lowest BCUT2D eigenvalue weighted by molar-refractivity contribution is -0.141. The summed E-state index contributed by atoms with van der Waals surface area (Å²) in [6.45, 7) is 0.244. The van der Waals surface area contributed by atoms with Gasteiger partial charge in [-0.05, 0) is 54.2 Å². The van der Waals surface area contributed by atoms with Crippen molar-refractivity contribution in [2.24, 2.45) is 0 Å². The van der Waals surface area contributed by atoms with Gasteiger partial charge in [0.2, 0.25) is 11.8 Å². The van der Waals surface area contributed by atoms with Crippen LogP contribution in [-0.4, -0.2) is 28.8 Å². The Morgan fingerprint density at radius 2 is 1.54 bits per heavy atom. The second-order valence-corrected chi connectivity index (χ2v) is 10.8. The second-order valence-electron chi connectivity index (χ2n) is 9.56. The van der Waals surface area contributed by atoms with Crippen LogP contribution >= 0.6 is 34.8 Å². The van der Waals surface area contributed by atoms with Crippen molar-refractivity contribution in [1.29, 1.82) is 0 Å². The molecule has 1 aliphatic carbocycles. The molecule has 4 nitrogen and oxygen atoms in total. The predicted octanol–water partition coefficient (Wildman–Crippen LogP) is 7.28. The molecule has 0 radical (unpaired) electrons. The predicted molar refractivity (Wildman–Crippen MR) is 151 cm³/mol. The summed E-state index contributed by atoms with van der Waals surface area (Å²) in [6, 6.07) is 22.1. The third-order valence-corrected chi connectivity index (χ3v) is 7.98. The molecular weight excluding hydrogens is 527 g/mol. The molecule has 3 aromatic rings. The van der Waals surface area contributed by atoms with Gasteiger partial charge in [-0.15, -0.1) is 0 Å². The van der Waals surface area contributed by atoms with Crippen molar-refractivity contribution in [3.05, 3.63) is 105 Å². The van der Waals surface area contributed by atoms with Crippen LogP contribution in [0.3, 0.4) is 0 Å². The van der Waals surface area contributed by atoms with Gasteiger partial charge in [0.05, 0.1) is 10.0 Å². The summed E-state index contributed by atoms with van der Waals surface area (Å²) >= 11 is 18.8. The zero-order chi connectivity index (χ0) is 26.2. The third kappa shape index (κ3) is 7.73. The van der Waals surface area contributed by atoms with E-state index in [4.69, 9.17) is 34.8 Å². The molecule has 0 aromatic heterocycles. The number of nitrogens with zero attached hydrogens (tertiary/aromatic N) is 1. The van der Waals surface area contributed by atoms with Gasteiger partial charge in [-0.25, -0.2) is 0 Å². The van der Waals surface area contributed by atoms with Gasteiger partial charge in [0, 0.05) is 30.5 Å². The maximum atomic E-state index is 13.8. The van der Waals surface area contributed by atoms with Gasteiger partial charge in [0.1, 0.15) is 6.04 Å². The van der Waals surface area contributed by atoms with Crippen molar-refractivity contribution in [3.63, 3.8) is 0 Å². The van der Waals surface area contributed by atoms with Crippen molar-refractivity contribution in [2.75, 3.05) is 0 Å². The molecule has 0 bridgehead atoms. The Morgan fingerprint density at radius 3 is 2.24 bits per heavy atom. The first-order valence-electron chi connectivity index (χ1n) is 12.7. The van der Waals surface area contributed by atoms with E-state index >= 15 is 0 Å². The summed E-state index contributed by atoms with van der Waals surface area (Å²) in [5, 5.41) is 4.71. The highest BCUT2D eigenvalue weighted by atomic mass is 35.5. The topological polar surface area (TPSA) is 49.4 Å². The van der Waals surface area contributed by atoms with Crippen molar-refractivity contribution in [3.8, 4) is 0 Å². The maximum Gasteiger partial charge on any atom is 0.243 e. The van der Waals surface area contributed by atoms with E-state index in [1.54, 1.807) is 17.0 Å². The first-order valence-corrected chi connectivity index (χ1v) is 13.8. The summed E-state index contributed by atoms with van der Waals surface area (Å²) in [6.07, 6.45) is 5.29. The number of benzene rings is 3. The van der Waals surface area contributed by atoms with Gasteiger partial charge in [0.15, 0.2) is 0 Å². The van der Waals surface area contributed by atoms with E-state index in [0.29, 0.717) is 27.9 Å². The maximum absolute atomic E-state index is 13.8. The molecule has 0 heterocycles. The summed E-state index contributed by atoms with van der Waals surface area (Å²) in [7, 11) is 0. The summed E-state index contributed by atoms with van der Waals surface area (Å²) in [5.41, 5.74) is 2.71. The molecule has 3 aromatic carbocycles. The Balaban J connectivity index is 1.63. The molecular formula is C30H31Cl3N2O2. The minimum atomic E-state index is -0.670. The number of nitrogens with one attached hydrogen (secondary N) is 1. The Morgan fingerprint density at radius 1 is 0.838 bits per heavy atom. The lowest BCUT2D eigenvalue weighted by Gasteiger charge is -2.32. The van der Waals surface area contributed by atoms with E-state index in [-0.39, 0.29) is 30.8 Å². The van der Waals surface area contributed by atoms with Crippen LogP contribution in [0.1, 0.15) is 48.8 Å². The molecule has 37 heavy (non-hydrogen) atoms. The molecule has 0 unspecified atom stereocenters. The lowest BCUT2D eigenvalue weighted by atomic mass is 10.0. The van der Waals surface area contributed by atoms with E-state index < -0.39 is 6.04 Å². The van der Waals surface area contributed by atoms with E-state index in [0.717, 1.165) is 42.4 Å². The molecule has 0 aliphatic heterocycles. The van der Waals surface area contributed by atoms with Gasteiger partial charge in [-0.2, -0.15) is 0 Å². The monoisotopic (exact) mass is 556 g/mol. The number of aryl methyl sites for hydroxylation is 1. The van der Waals surface area contributed by atoms with Crippen LogP contribution in [0, 0.1) is 0 Å². The third-order valence-electron chi connectivity index (χ3n) is 6.88. The molecule has 4 rings (SSSR count). The molecule has 7 heteroatoms. The lowest BCUT2D eigenvalue weighted by Crippen LogP contribution is -2.52. The van der Waals surface area contributed by atoms with E-state index in [1.807, 2.05) is 60.7 Å². The van der Waals surface area contributed by atoms with Crippen LogP contribution in [0.25, 0.3) is 0 Å². The zero-order valence-electron chi connectivity index (χ0n) is 20.6. The summed E-state index contributed by atoms with van der Waals surface area (Å²) in [5.74, 6) is -0.240. The quantitative estimate of drug-likeness (QED) is 0.285. The molecule has 0 saturated heterocycles. The minimum Gasteiger partial charge on any atom is -0.352 e. The molecule has 1 N–H and O–H groups in total. The van der Waals surface area contributed by atoms with Gasteiger partial charge < -0.3 is 10.2 Å². The van der Waals surface area contributed by atoms with Crippen LogP contribution in [-0.2, 0) is 29.0 Å². The number of halogens is 3. The number of carbonyl (C=O) groups excluding carboxylic acids is 2. The molecule has 2 amide bonds. The Bertz CT molecular complexity index is 1210. The van der Waals surface area contributed by atoms with Crippen molar-refractivity contribution in [1.82, 2.24) is 10.2 Å². The fourth-order valence-electron chi connectivity index (χ4n) is 4.84. The number of carbonyl (C=O) groups is 2. The molecule has 1 atom stereocenters. The molecule has 1 fully saturated rings. The van der Waals surface area contributed by atoms with Gasteiger partial charge >= 0.3 is 0 Å². The fourth-order valence-corrected chi connectivity index (χ4v) is 5.39. The molecule has 1 aliphatic rings. The Kier molecular flexibility index (Phi) is 9.90. The van der Waals surface area contributed by atoms with Crippen molar-refractivity contribution < 1.29 is 9.59 Å². The first-order chi connectivity index (χ1) is 17.9. The Hall–Kier alpha value is -2.53. The number of amides is 2.